The minimum atomic E-state index is -1.08. The summed E-state index contributed by atoms with van der Waals surface area (Å²) in [4.78, 5) is 21.2. The van der Waals surface area contributed by atoms with Crippen molar-refractivity contribution in [1.29, 1.82) is 0 Å². The molecular formula is C9H15NO5. The van der Waals surface area contributed by atoms with Crippen LogP contribution in [0.3, 0.4) is 0 Å². The molecule has 1 heterocycles. The second-order valence-electron chi connectivity index (χ2n) is 3.33. The third-order valence-electron chi connectivity index (χ3n) is 2.01. The van der Waals surface area contributed by atoms with E-state index in [9.17, 15) is 9.59 Å². The molecule has 0 radical (unpaired) electrons. The van der Waals surface area contributed by atoms with Crippen LogP contribution >= 0.6 is 0 Å². The second kappa shape index (κ2) is 6.36. The van der Waals surface area contributed by atoms with Gasteiger partial charge < -0.3 is 19.9 Å². The summed E-state index contributed by atoms with van der Waals surface area (Å²) in [5.74, 6) is -1.39. The molecule has 0 aromatic heterocycles. The predicted octanol–water partition coefficient (Wildman–Crippen LogP) is -0.617. The van der Waals surface area contributed by atoms with Crippen LogP contribution in [0, 0.1) is 0 Å². The van der Waals surface area contributed by atoms with E-state index in [4.69, 9.17) is 9.84 Å². The number of hydrogen-bond acceptors (Lipinski definition) is 4. The molecule has 0 saturated carbocycles. The monoisotopic (exact) mass is 217 g/mol. The first-order chi connectivity index (χ1) is 7.18. The minimum absolute atomic E-state index is 0.0911. The highest BCUT2D eigenvalue weighted by Crippen LogP contribution is 2.10. The van der Waals surface area contributed by atoms with E-state index in [2.05, 4.69) is 10.1 Å². The fraction of sp³-hybridized carbons (Fsp3) is 0.778. The molecule has 1 unspecified atom stereocenters. The number of carboxylic acid groups (broad SMARTS) is 1. The van der Waals surface area contributed by atoms with Gasteiger partial charge in [0, 0.05) is 13.2 Å². The topological polar surface area (TPSA) is 84.9 Å². The Morgan fingerprint density at radius 1 is 1.47 bits per heavy atom. The normalized spacial score (nSPS) is 20.1. The molecule has 1 fully saturated rings. The summed E-state index contributed by atoms with van der Waals surface area (Å²) in [6.45, 7) is 0.539. The molecule has 0 aliphatic carbocycles. The molecule has 0 aromatic rings. The van der Waals surface area contributed by atoms with Gasteiger partial charge in [-0.2, -0.15) is 0 Å². The Morgan fingerprint density at radius 2 is 2.27 bits per heavy atom. The molecule has 6 heteroatoms. The molecular weight excluding hydrogens is 202 g/mol. The van der Waals surface area contributed by atoms with Gasteiger partial charge in [0.15, 0.2) is 0 Å². The van der Waals surface area contributed by atoms with Crippen molar-refractivity contribution < 1.29 is 24.2 Å². The fourth-order valence-corrected chi connectivity index (χ4v) is 1.32. The van der Waals surface area contributed by atoms with E-state index in [1.165, 1.54) is 0 Å². The summed E-state index contributed by atoms with van der Waals surface area (Å²) in [5, 5.41) is 10.9. The Labute approximate surface area is 87.5 Å². The number of hydrogen-bond donors (Lipinski definition) is 2. The second-order valence-corrected chi connectivity index (χ2v) is 3.33. The zero-order valence-electron chi connectivity index (χ0n) is 8.40. The Balaban J connectivity index is 2.00. The Bertz CT molecular complexity index is 225. The summed E-state index contributed by atoms with van der Waals surface area (Å²) >= 11 is 0. The number of carbonyl (C=O) groups excluding carboxylic acids is 1. The number of ether oxygens (including phenoxy) is 2. The van der Waals surface area contributed by atoms with E-state index >= 15 is 0 Å². The van der Waals surface area contributed by atoms with Crippen molar-refractivity contribution in [2.45, 2.75) is 18.9 Å². The molecule has 1 atom stereocenters. The molecule has 6 nitrogen and oxygen atoms in total. The highest BCUT2D eigenvalue weighted by Gasteiger charge is 2.16. The van der Waals surface area contributed by atoms with E-state index in [0.717, 1.165) is 19.4 Å². The van der Waals surface area contributed by atoms with Gasteiger partial charge in [-0.25, -0.2) is 4.79 Å². The first kappa shape index (κ1) is 11.9. The van der Waals surface area contributed by atoms with Crippen LogP contribution in [0.4, 0.5) is 0 Å². The van der Waals surface area contributed by atoms with Crippen molar-refractivity contribution in [3.05, 3.63) is 0 Å². The lowest BCUT2D eigenvalue weighted by Crippen LogP contribution is -2.34. The van der Waals surface area contributed by atoms with Crippen LogP contribution in [0.25, 0.3) is 0 Å². The summed E-state index contributed by atoms with van der Waals surface area (Å²) in [7, 11) is 0. The maximum atomic E-state index is 11.1. The molecule has 1 amide bonds. The van der Waals surface area contributed by atoms with Crippen molar-refractivity contribution in [3.8, 4) is 0 Å². The zero-order chi connectivity index (χ0) is 11.1. The lowest BCUT2D eigenvalue weighted by Gasteiger charge is -2.10. The molecule has 1 saturated heterocycles. The molecule has 1 aliphatic heterocycles. The van der Waals surface area contributed by atoms with Crippen LogP contribution < -0.4 is 5.32 Å². The Hall–Kier alpha value is -1.14. The van der Waals surface area contributed by atoms with Gasteiger partial charge in [0.05, 0.1) is 6.10 Å². The number of aliphatic carboxylic acids is 1. The summed E-state index contributed by atoms with van der Waals surface area (Å²) < 4.78 is 9.92. The maximum absolute atomic E-state index is 11.1. The van der Waals surface area contributed by atoms with E-state index in [-0.39, 0.29) is 18.6 Å². The highest BCUT2D eigenvalue weighted by molar-refractivity contribution is 5.77. The van der Waals surface area contributed by atoms with E-state index in [1.807, 2.05) is 0 Å². The van der Waals surface area contributed by atoms with Crippen molar-refractivity contribution in [2.75, 3.05) is 26.4 Å². The fourth-order valence-electron chi connectivity index (χ4n) is 1.32. The summed E-state index contributed by atoms with van der Waals surface area (Å²) in [6.07, 6.45) is 2.07. The first-order valence-corrected chi connectivity index (χ1v) is 4.86. The van der Waals surface area contributed by atoms with E-state index < -0.39 is 12.6 Å². The van der Waals surface area contributed by atoms with Crippen LogP contribution in [0.15, 0.2) is 0 Å². The van der Waals surface area contributed by atoms with Gasteiger partial charge >= 0.3 is 5.97 Å². The molecule has 0 bridgehead atoms. The van der Waals surface area contributed by atoms with Gasteiger partial charge in [0.1, 0.15) is 13.2 Å². The molecule has 86 valence electrons. The van der Waals surface area contributed by atoms with Crippen molar-refractivity contribution in [1.82, 2.24) is 5.32 Å². The van der Waals surface area contributed by atoms with Gasteiger partial charge in [-0.3, -0.25) is 4.79 Å². The van der Waals surface area contributed by atoms with Gasteiger partial charge in [-0.15, -0.1) is 0 Å². The summed E-state index contributed by atoms with van der Waals surface area (Å²) in [6, 6.07) is 0. The van der Waals surface area contributed by atoms with Crippen LogP contribution in [0.2, 0.25) is 0 Å². The average molecular weight is 217 g/mol. The molecule has 2 N–H and O–H groups in total. The molecule has 1 aliphatic rings. The highest BCUT2D eigenvalue weighted by atomic mass is 16.5. The smallest absolute Gasteiger partial charge is 0.329 e. The minimum Gasteiger partial charge on any atom is -0.480 e. The van der Waals surface area contributed by atoms with Crippen molar-refractivity contribution >= 4 is 11.9 Å². The zero-order valence-corrected chi connectivity index (χ0v) is 8.40. The first-order valence-electron chi connectivity index (χ1n) is 4.86. The number of carboxylic acids is 1. The van der Waals surface area contributed by atoms with Crippen LogP contribution in [0.1, 0.15) is 12.8 Å². The van der Waals surface area contributed by atoms with Gasteiger partial charge in [0.2, 0.25) is 5.91 Å². The van der Waals surface area contributed by atoms with Crippen molar-refractivity contribution in [2.24, 2.45) is 0 Å². The van der Waals surface area contributed by atoms with Crippen LogP contribution in [0.5, 0.6) is 0 Å². The average Bonchev–Trinajstić information content (AvgIpc) is 2.66. The van der Waals surface area contributed by atoms with Gasteiger partial charge in [-0.05, 0) is 12.8 Å². The lowest BCUT2D eigenvalue weighted by molar-refractivity contribution is -0.143. The number of rotatable bonds is 6. The molecule has 15 heavy (non-hydrogen) atoms. The maximum Gasteiger partial charge on any atom is 0.329 e. The molecule has 1 rings (SSSR count). The SMILES string of the molecule is O=C(O)COCC(=O)NCC1CCCO1. The predicted molar refractivity (Wildman–Crippen MR) is 50.4 cm³/mol. The number of amides is 1. The quantitative estimate of drug-likeness (QED) is 0.619. The van der Waals surface area contributed by atoms with Gasteiger partial charge in [-0.1, -0.05) is 0 Å². The van der Waals surface area contributed by atoms with Crippen LogP contribution in [-0.2, 0) is 19.1 Å². The lowest BCUT2D eigenvalue weighted by atomic mass is 10.2. The third-order valence-corrected chi connectivity index (χ3v) is 2.01. The standard InChI is InChI=1S/C9H15NO5/c11-8(5-14-6-9(12)13)10-4-7-2-1-3-15-7/h7H,1-6H2,(H,10,11)(H,12,13). The molecule has 0 aromatic carbocycles. The van der Waals surface area contributed by atoms with E-state index in [0.29, 0.717) is 6.54 Å². The largest absolute Gasteiger partial charge is 0.480 e. The Kier molecular flexibility index (Phi) is 5.06. The van der Waals surface area contributed by atoms with E-state index in [1.54, 1.807) is 0 Å². The molecule has 0 spiro atoms. The number of carbonyl (C=O) groups is 2. The van der Waals surface area contributed by atoms with Crippen LogP contribution in [-0.4, -0.2) is 49.5 Å². The number of nitrogens with one attached hydrogen (secondary N) is 1. The summed E-state index contributed by atoms with van der Waals surface area (Å²) in [5.41, 5.74) is 0. The third kappa shape index (κ3) is 5.34. The van der Waals surface area contributed by atoms with Gasteiger partial charge in [0.25, 0.3) is 0 Å². The van der Waals surface area contributed by atoms with Crippen molar-refractivity contribution in [3.63, 3.8) is 0 Å². The Morgan fingerprint density at radius 3 is 2.87 bits per heavy atom.